The second-order valence-electron chi connectivity index (χ2n) is 9.23. The second kappa shape index (κ2) is 8.82. The molecule has 0 N–H and O–H groups in total. The van der Waals surface area contributed by atoms with Crippen LogP contribution in [0.15, 0.2) is 109 Å². The summed E-state index contributed by atoms with van der Waals surface area (Å²) in [5.41, 5.74) is 1.87. The number of rotatable bonds is 7. The molecule has 0 aliphatic carbocycles. The van der Waals surface area contributed by atoms with Crippen LogP contribution in [0.1, 0.15) is 25.0 Å². The Morgan fingerprint density at radius 2 is 1.06 bits per heavy atom. The summed E-state index contributed by atoms with van der Waals surface area (Å²) in [6, 6.07) is 38.5. The Kier molecular flexibility index (Phi) is 5.95. The molecule has 0 unspecified atom stereocenters. The summed E-state index contributed by atoms with van der Waals surface area (Å²) in [4.78, 5) is 0. The van der Waals surface area contributed by atoms with Gasteiger partial charge in [-0.05, 0) is 0 Å². The van der Waals surface area contributed by atoms with Gasteiger partial charge in [0.1, 0.15) is 0 Å². The van der Waals surface area contributed by atoms with E-state index >= 15 is 0 Å². The summed E-state index contributed by atoms with van der Waals surface area (Å²) in [6.45, 7) is 1.64. The van der Waals surface area contributed by atoms with E-state index in [-0.39, 0.29) is 5.66 Å². The summed E-state index contributed by atoms with van der Waals surface area (Å²) in [5.74, 6) is 1.68. The summed E-state index contributed by atoms with van der Waals surface area (Å²) >= 11 is 0. The molecule has 4 heteroatoms. The van der Waals surface area contributed by atoms with Crippen molar-refractivity contribution < 1.29 is 14.0 Å². The van der Waals surface area contributed by atoms with Gasteiger partial charge in [-0.2, -0.15) is 0 Å². The fourth-order valence-electron chi connectivity index (χ4n) is 6.17. The summed E-state index contributed by atoms with van der Waals surface area (Å²) < 4.78 is 18.6. The van der Waals surface area contributed by atoms with Gasteiger partial charge in [-0.3, -0.25) is 0 Å². The van der Waals surface area contributed by atoms with Crippen molar-refractivity contribution in [3.05, 3.63) is 120 Å². The van der Waals surface area contributed by atoms with Crippen molar-refractivity contribution in [2.24, 2.45) is 0 Å². The van der Waals surface area contributed by atoms with Gasteiger partial charge in [-0.15, -0.1) is 0 Å². The molecule has 0 saturated carbocycles. The topological polar surface area (TPSA) is 27.7 Å². The number of hydrogen-bond donors (Lipinski definition) is 0. The molecule has 1 aliphatic heterocycles. The summed E-state index contributed by atoms with van der Waals surface area (Å²) in [5, 5.41) is 2.61. The maximum absolute atomic E-state index is 7.70. The van der Waals surface area contributed by atoms with Crippen LogP contribution in [0, 0.1) is 0 Å². The molecule has 180 valence electrons. The van der Waals surface area contributed by atoms with Crippen LogP contribution in [0.25, 0.3) is 0 Å². The molecular weight excluding hydrogens is 451 g/mol. The first-order valence-electron chi connectivity index (χ1n) is 12.2. The standard InChI is InChI=1S/C31H33O3P/c1-5-35(29-12-8-6-9-13-29,30-14-10-7-11-15-30)24(2)31(34-35,25-16-20-27(32-3)21-17-25)26-18-22-28(33-4)23-19-26/h6-24H,5H2,1-4H3/t24-/m1/s1. The Labute approximate surface area is 208 Å². The molecular formula is C31H33O3P. The summed E-state index contributed by atoms with van der Waals surface area (Å²) in [7, 11) is 3.40. The van der Waals surface area contributed by atoms with E-state index in [0.29, 0.717) is 0 Å². The summed E-state index contributed by atoms with van der Waals surface area (Å²) in [6.07, 6.45) is 0.925. The first-order valence-corrected chi connectivity index (χ1v) is 14.6. The molecule has 4 aromatic rings. The van der Waals surface area contributed by atoms with Crippen LogP contribution < -0.4 is 20.1 Å². The van der Waals surface area contributed by atoms with Crippen LogP contribution in [0.3, 0.4) is 0 Å². The van der Waals surface area contributed by atoms with Crippen molar-refractivity contribution in [1.29, 1.82) is 0 Å². The van der Waals surface area contributed by atoms with Crippen LogP contribution in [-0.2, 0) is 10.1 Å². The fraction of sp³-hybridized carbons (Fsp3) is 0.226. The Hall–Kier alpha value is -3.13. The molecule has 1 fully saturated rings. The number of hydrogen-bond acceptors (Lipinski definition) is 3. The predicted octanol–water partition coefficient (Wildman–Crippen LogP) is 6.51. The van der Waals surface area contributed by atoms with Gasteiger partial charge in [-0.1, -0.05) is 0 Å². The molecule has 0 aromatic heterocycles. The minimum absolute atomic E-state index is 0.199. The van der Waals surface area contributed by atoms with Gasteiger partial charge in [-0.25, -0.2) is 0 Å². The normalized spacial score (nSPS) is 20.6. The van der Waals surface area contributed by atoms with E-state index in [4.69, 9.17) is 14.0 Å². The van der Waals surface area contributed by atoms with Crippen molar-refractivity contribution in [1.82, 2.24) is 0 Å². The van der Waals surface area contributed by atoms with Crippen LogP contribution in [0.2, 0.25) is 0 Å². The number of methoxy groups -OCH3 is 2. The molecule has 0 bridgehead atoms. The Morgan fingerprint density at radius 1 is 0.657 bits per heavy atom. The zero-order valence-corrected chi connectivity index (χ0v) is 21.7. The average molecular weight is 485 g/mol. The van der Waals surface area contributed by atoms with Crippen molar-refractivity contribution in [2.45, 2.75) is 25.1 Å². The quantitative estimate of drug-likeness (QED) is 0.280. The first kappa shape index (κ1) is 23.6. The Balaban J connectivity index is 1.79. The van der Waals surface area contributed by atoms with E-state index in [1.807, 2.05) is 24.3 Å². The molecule has 3 nitrogen and oxygen atoms in total. The zero-order chi connectivity index (χ0) is 24.5. The van der Waals surface area contributed by atoms with Crippen LogP contribution >= 0.6 is 6.83 Å². The molecule has 1 saturated heterocycles. The molecule has 35 heavy (non-hydrogen) atoms. The van der Waals surface area contributed by atoms with E-state index in [9.17, 15) is 0 Å². The van der Waals surface area contributed by atoms with E-state index in [2.05, 4.69) is 98.8 Å². The van der Waals surface area contributed by atoms with Crippen LogP contribution in [0.5, 0.6) is 11.5 Å². The van der Waals surface area contributed by atoms with Crippen molar-refractivity contribution in [3.8, 4) is 11.5 Å². The maximum atomic E-state index is 7.70. The molecule has 4 aromatic carbocycles. The van der Waals surface area contributed by atoms with Gasteiger partial charge >= 0.3 is 209 Å². The third-order valence-corrected chi connectivity index (χ3v) is 14.9. The molecule has 5 rings (SSSR count). The molecule has 1 atom stereocenters. The van der Waals surface area contributed by atoms with Gasteiger partial charge in [0, 0.05) is 0 Å². The minimum atomic E-state index is -3.04. The molecule has 0 spiro atoms. The van der Waals surface area contributed by atoms with Gasteiger partial charge in [0.25, 0.3) is 0 Å². The Bertz CT molecular complexity index is 1200. The average Bonchev–Trinajstić information content (AvgIpc) is 2.95. The van der Waals surface area contributed by atoms with Crippen molar-refractivity contribution in [2.75, 3.05) is 20.4 Å². The van der Waals surface area contributed by atoms with E-state index in [1.165, 1.54) is 10.6 Å². The van der Waals surface area contributed by atoms with Gasteiger partial charge in [0.2, 0.25) is 0 Å². The van der Waals surface area contributed by atoms with Crippen molar-refractivity contribution in [3.63, 3.8) is 0 Å². The van der Waals surface area contributed by atoms with E-state index in [1.54, 1.807) is 14.2 Å². The van der Waals surface area contributed by atoms with Crippen LogP contribution in [-0.4, -0.2) is 26.0 Å². The molecule has 0 radical (unpaired) electrons. The van der Waals surface area contributed by atoms with E-state index < -0.39 is 12.4 Å². The van der Waals surface area contributed by atoms with E-state index in [0.717, 1.165) is 28.8 Å². The predicted molar refractivity (Wildman–Crippen MR) is 147 cm³/mol. The van der Waals surface area contributed by atoms with Gasteiger partial charge in [0.05, 0.1) is 0 Å². The zero-order valence-electron chi connectivity index (χ0n) is 20.8. The molecule has 1 heterocycles. The first-order chi connectivity index (χ1) is 17.0. The third-order valence-electron chi connectivity index (χ3n) is 8.07. The fourth-order valence-corrected chi connectivity index (χ4v) is 12.8. The number of benzene rings is 4. The molecule has 1 aliphatic rings. The second-order valence-corrected chi connectivity index (χ2v) is 14.4. The van der Waals surface area contributed by atoms with Gasteiger partial charge < -0.3 is 0 Å². The Morgan fingerprint density at radius 3 is 1.37 bits per heavy atom. The van der Waals surface area contributed by atoms with Gasteiger partial charge in [0.15, 0.2) is 0 Å². The molecule has 0 amide bonds. The third kappa shape index (κ3) is 3.19. The van der Waals surface area contributed by atoms with Crippen LogP contribution in [0.4, 0.5) is 0 Å². The van der Waals surface area contributed by atoms with Crippen molar-refractivity contribution >= 4 is 17.4 Å². The SMILES string of the molecule is CCP1(c2ccccc2)(c2ccccc2)OC(c2ccc(OC)cc2)(c2ccc(OC)cc2)[C@H]1C. The monoisotopic (exact) mass is 484 g/mol. The number of ether oxygens (including phenoxy) is 2.